The normalized spacial score (nSPS) is 11.0. The molecule has 0 spiro atoms. The smallest absolute Gasteiger partial charge is 0.272 e. The van der Waals surface area contributed by atoms with Crippen molar-refractivity contribution < 1.29 is 14.3 Å². The zero-order valence-electron chi connectivity index (χ0n) is 16.7. The molecule has 0 aromatic heterocycles. The van der Waals surface area contributed by atoms with Gasteiger partial charge in [0.25, 0.3) is 5.91 Å². The SMILES string of the molecule is CCOc1cc(/C=N\NC(=O)c2c(C)ccc3ccccc23)cc(Br)c1OCC. The molecule has 3 aromatic rings. The minimum atomic E-state index is -0.245. The number of aryl methyl sites for hydroxylation is 1. The Morgan fingerprint density at radius 2 is 1.86 bits per heavy atom. The van der Waals surface area contributed by atoms with Crippen LogP contribution in [0.5, 0.6) is 11.5 Å². The molecule has 6 heteroatoms. The fourth-order valence-electron chi connectivity index (χ4n) is 3.11. The second kappa shape index (κ2) is 9.56. The van der Waals surface area contributed by atoms with Crippen LogP contribution in [0.2, 0.25) is 0 Å². The van der Waals surface area contributed by atoms with Crippen molar-refractivity contribution in [1.82, 2.24) is 5.43 Å². The molecule has 1 N–H and O–H groups in total. The third-order valence-electron chi connectivity index (χ3n) is 4.36. The highest BCUT2D eigenvalue weighted by molar-refractivity contribution is 9.10. The Balaban J connectivity index is 1.83. The Morgan fingerprint density at radius 1 is 1.10 bits per heavy atom. The maximum absolute atomic E-state index is 12.8. The summed E-state index contributed by atoms with van der Waals surface area (Å²) in [5.41, 5.74) is 4.94. The van der Waals surface area contributed by atoms with Gasteiger partial charge in [0, 0.05) is 0 Å². The molecule has 0 saturated heterocycles. The summed E-state index contributed by atoms with van der Waals surface area (Å²) in [6, 6.07) is 15.5. The molecule has 0 aliphatic rings. The summed E-state index contributed by atoms with van der Waals surface area (Å²) in [6.45, 7) is 6.80. The summed E-state index contributed by atoms with van der Waals surface area (Å²) < 4.78 is 12.1. The van der Waals surface area contributed by atoms with Gasteiger partial charge in [-0.15, -0.1) is 0 Å². The highest BCUT2D eigenvalue weighted by Gasteiger charge is 2.13. The van der Waals surface area contributed by atoms with Crippen LogP contribution in [0.3, 0.4) is 0 Å². The van der Waals surface area contributed by atoms with Crippen LogP contribution in [0, 0.1) is 6.92 Å². The van der Waals surface area contributed by atoms with Crippen LogP contribution in [0.25, 0.3) is 10.8 Å². The van der Waals surface area contributed by atoms with E-state index in [2.05, 4.69) is 26.5 Å². The van der Waals surface area contributed by atoms with Gasteiger partial charge >= 0.3 is 0 Å². The first-order valence-electron chi connectivity index (χ1n) is 9.46. The number of ether oxygens (including phenoxy) is 2. The van der Waals surface area contributed by atoms with Gasteiger partial charge in [-0.3, -0.25) is 4.79 Å². The van der Waals surface area contributed by atoms with E-state index in [0.29, 0.717) is 30.3 Å². The molecule has 3 rings (SSSR count). The first-order chi connectivity index (χ1) is 14.0. The molecular formula is C23H23BrN2O3. The number of benzene rings is 3. The highest BCUT2D eigenvalue weighted by atomic mass is 79.9. The molecule has 3 aromatic carbocycles. The Kier molecular flexibility index (Phi) is 6.88. The number of amides is 1. The molecule has 5 nitrogen and oxygen atoms in total. The number of hydrazone groups is 1. The molecule has 0 aliphatic heterocycles. The van der Waals surface area contributed by atoms with Gasteiger partial charge in [-0.25, -0.2) is 5.43 Å². The van der Waals surface area contributed by atoms with Gasteiger partial charge < -0.3 is 9.47 Å². The van der Waals surface area contributed by atoms with Crippen LogP contribution in [0.4, 0.5) is 0 Å². The van der Waals surface area contributed by atoms with Crippen molar-refractivity contribution in [3.63, 3.8) is 0 Å². The minimum Gasteiger partial charge on any atom is -0.490 e. The van der Waals surface area contributed by atoms with Crippen molar-refractivity contribution in [1.29, 1.82) is 0 Å². The Labute approximate surface area is 178 Å². The molecule has 0 atom stereocenters. The lowest BCUT2D eigenvalue weighted by atomic mass is 9.99. The molecule has 0 aliphatic carbocycles. The van der Waals surface area contributed by atoms with Crippen LogP contribution in [0.1, 0.15) is 35.3 Å². The second-order valence-corrected chi connectivity index (χ2v) is 7.23. The average molecular weight is 455 g/mol. The van der Waals surface area contributed by atoms with E-state index in [1.807, 2.05) is 69.3 Å². The summed E-state index contributed by atoms with van der Waals surface area (Å²) in [5, 5.41) is 6.06. The lowest BCUT2D eigenvalue weighted by Crippen LogP contribution is -2.19. The monoisotopic (exact) mass is 454 g/mol. The average Bonchev–Trinajstić information content (AvgIpc) is 2.70. The topological polar surface area (TPSA) is 59.9 Å². The summed E-state index contributed by atoms with van der Waals surface area (Å²) in [4.78, 5) is 12.8. The van der Waals surface area contributed by atoms with E-state index in [4.69, 9.17) is 9.47 Å². The maximum atomic E-state index is 12.8. The highest BCUT2D eigenvalue weighted by Crippen LogP contribution is 2.36. The third kappa shape index (κ3) is 4.77. The molecule has 0 fully saturated rings. The summed E-state index contributed by atoms with van der Waals surface area (Å²) >= 11 is 3.51. The number of rotatable bonds is 7. The Hall–Kier alpha value is -2.86. The van der Waals surface area contributed by atoms with E-state index in [9.17, 15) is 4.79 Å². The van der Waals surface area contributed by atoms with Gasteiger partial charge in [0.1, 0.15) is 0 Å². The van der Waals surface area contributed by atoms with Crippen molar-refractivity contribution in [3.05, 3.63) is 69.7 Å². The number of nitrogens with zero attached hydrogens (tertiary/aromatic N) is 1. The van der Waals surface area contributed by atoms with Gasteiger partial charge in [-0.1, -0.05) is 36.4 Å². The number of halogens is 1. The molecular weight excluding hydrogens is 432 g/mol. The number of carbonyl (C=O) groups excluding carboxylic acids is 1. The first-order valence-corrected chi connectivity index (χ1v) is 10.2. The lowest BCUT2D eigenvalue weighted by molar-refractivity contribution is 0.0956. The number of hydrogen-bond donors (Lipinski definition) is 1. The quantitative estimate of drug-likeness (QED) is 0.380. The van der Waals surface area contributed by atoms with Crippen LogP contribution < -0.4 is 14.9 Å². The molecule has 0 heterocycles. The second-order valence-electron chi connectivity index (χ2n) is 6.37. The molecule has 0 unspecified atom stereocenters. The molecule has 29 heavy (non-hydrogen) atoms. The molecule has 1 amide bonds. The zero-order chi connectivity index (χ0) is 20.8. The predicted octanol–water partition coefficient (Wildman–Crippen LogP) is 5.47. The summed E-state index contributed by atoms with van der Waals surface area (Å²) in [6.07, 6.45) is 1.58. The van der Waals surface area contributed by atoms with Crippen molar-refractivity contribution in [2.24, 2.45) is 5.10 Å². The number of fused-ring (bicyclic) bond motifs is 1. The van der Waals surface area contributed by atoms with Gasteiger partial charge in [-0.05, 0) is 70.7 Å². The number of hydrogen-bond acceptors (Lipinski definition) is 4. The fourth-order valence-corrected chi connectivity index (χ4v) is 3.69. The van der Waals surface area contributed by atoms with Gasteiger partial charge in [0.2, 0.25) is 0 Å². The third-order valence-corrected chi connectivity index (χ3v) is 4.95. The van der Waals surface area contributed by atoms with E-state index >= 15 is 0 Å². The molecule has 0 radical (unpaired) electrons. The fraction of sp³-hybridized carbons (Fsp3) is 0.217. The number of nitrogens with one attached hydrogen (secondary N) is 1. The van der Waals surface area contributed by atoms with Crippen LogP contribution >= 0.6 is 15.9 Å². The first kappa shape index (κ1) is 20.9. The summed E-state index contributed by atoms with van der Waals surface area (Å²) in [5.74, 6) is 1.04. The van der Waals surface area contributed by atoms with Crippen molar-refractivity contribution >= 4 is 38.8 Å². The van der Waals surface area contributed by atoms with E-state index in [0.717, 1.165) is 26.4 Å². The van der Waals surface area contributed by atoms with Crippen molar-refractivity contribution in [3.8, 4) is 11.5 Å². The molecule has 150 valence electrons. The van der Waals surface area contributed by atoms with Gasteiger partial charge in [0.05, 0.1) is 29.5 Å². The molecule has 0 bridgehead atoms. The van der Waals surface area contributed by atoms with Crippen molar-refractivity contribution in [2.45, 2.75) is 20.8 Å². The van der Waals surface area contributed by atoms with E-state index < -0.39 is 0 Å². The lowest BCUT2D eigenvalue weighted by Gasteiger charge is -2.13. The van der Waals surface area contributed by atoms with E-state index in [-0.39, 0.29) is 5.91 Å². The zero-order valence-corrected chi connectivity index (χ0v) is 18.2. The van der Waals surface area contributed by atoms with Crippen LogP contribution in [-0.4, -0.2) is 25.3 Å². The maximum Gasteiger partial charge on any atom is 0.272 e. The van der Waals surface area contributed by atoms with E-state index in [1.165, 1.54) is 0 Å². The van der Waals surface area contributed by atoms with Crippen LogP contribution in [0.15, 0.2) is 58.1 Å². The van der Waals surface area contributed by atoms with Crippen LogP contribution in [-0.2, 0) is 0 Å². The van der Waals surface area contributed by atoms with E-state index in [1.54, 1.807) is 6.21 Å². The minimum absolute atomic E-state index is 0.245. The van der Waals surface area contributed by atoms with Gasteiger partial charge in [0.15, 0.2) is 11.5 Å². The number of carbonyl (C=O) groups is 1. The van der Waals surface area contributed by atoms with Gasteiger partial charge in [-0.2, -0.15) is 5.10 Å². The molecule has 0 saturated carbocycles. The Bertz CT molecular complexity index is 1060. The largest absolute Gasteiger partial charge is 0.490 e. The predicted molar refractivity (Wildman–Crippen MR) is 120 cm³/mol. The van der Waals surface area contributed by atoms with Crippen molar-refractivity contribution in [2.75, 3.05) is 13.2 Å². The standard InChI is InChI=1S/C23H23BrN2O3/c1-4-28-20-13-16(12-19(24)22(20)29-5-2)14-25-26-23(27)21-15(3)10-11-17-8-6-7-9-18(17)21/h6-14H,4-5H2,1-3H3,(H,26,27)/b25-14-. The summed E-state index contributed by atoms with van der Waals surface area (Å²) in [7, 11) is 0. The Morgan fingerprint density at radius 3 is 2.62 bits per heavy atom.